The van der Waals surface area contributed by atoms with Gasteiger partial charge in [-0.05, 0) is 36.8 Å². The molecule has 1 N–H and O–H groups in total. The van der Waals surface area contributed by atoms with Gasteiger partial charge in [0, 0.05) is 25.1 Å². The Bertz CT molecular complexity index is 1140. The maximum atomic E-state index is 12.6. The van der Waals surface area contributed by atoms with Crippen LogP contribution in [0.5, 0.6) is 0 Å². The minimum Gasteiger partial charge on any atom is -0.339 e. The van der Waals surface area contributed by atoms with Gasteiger partial charge >= 0.3 is 0 Å². The number of carbonyl (C=O) groups excluding carboxylic acids is 1. The molecule has 3 aromatic rings. The lowest BCUT2D eigenvalue weighted by Crippen LogP contribution is -2.34. The first-order valence-electron chi connectivity index (χ1n) is 9.89. The van der Waals surface area contributed by atoms with Gasteiger partial charge in [-0.15, -0.1) is 0 Å². The van der Waals surface area contributed by atoms with Crippen LogP contribution in [0.2, 0.25) is 0 Å². The molecule has 1 amide bonds. The summed E-state index contributed by atoms with van der Waals surface area (Å²) in [6.45, 7) is 5.55. The minimum absolute atomic E-state index is 0.153. The summed E-state index contributed by atoms with van der Waals surface area (Å²) in [5.41, 5.74) is 2.50. The van der Waals surface area contributed by atoms with Crippen molar-refractivity contribution in [2.45, 2.75) is 38.0 Å². The van der Waals surface area contributed by atoms with Gasteiger partial charge in [-0.1, -0.05) is 48.8 Å². The largest absolute Gasteiger partial charge is 0.339 e. The van der Waals surface area contributed by atoms with E-state index >= 15 is 0 Å². The average molecular weight is 443 g/mol. The Labute approximate surface area is 182 Å². The van der Waals surface area contributed by atoms with Gasteiger partial charge in [-0.3, -0.25) is 4.79 Å². The first kappa shape index (κ1) is 22.6. The molecule has 8 nitrogen and oxygen atoms in total. The predicted molar refractivity (Wildman–Crippen MR) is 117 cm³/mol. The number of carbonyl (C=O) groups is 1. The number of nitrogens with zero attached hydrogens (tertiary/aromatic N) is 3. The molecule has 0 fully saturated rings. The third kappa shape index (κ3) is 5.77. The zero-order valence-electron chi connectivity index (χ0n) is 18.0. The standard InChI is InChI=1S/C22H26N4O4S/c1-15(2)22-24-20(25-30-22)13-17-7-9-18(10-8-17)23-21(27)14-26(4)31(28,29)19-11-5-16(3)6-12-19/h5-12,15H,13-14H2,1-4H3,(H,23,27). The third-order valence-electron chi connectivity index (χ3n) is 4.67. The SMILES string of the molecule is Cc1ccc(S(=O)(=O)N(C)CC(=O)Nc2ccc(Cc3noc(C(C)C)n3)cc2)cc1. The molecule has 1 aromatic heterocycles. The summed E-state index contributed by atoms with van der Waals surface area (Å²) in [7, 11) is -2.36. The predicted octanol–water partition coefficient (Wildman–Crippen LogP) is 3.35. The van der Waals surface area contributed by atoms with E-state index in [1.54, 1.807) is 24.3 Å². The molecular weight excluding hydrogens is 416 g/mol. The van der Waals surface area contributed by atoms with Crippen molar-refractivity contribution in [1.29, 1.82) is 0 Å². The lowest BCUT2D eigenvalue weighted by atomic mass is 10.1. The van der Waals surface area contributed by atoms with Crippen LogP contribution < -0.4 is 5.32 Å². The minimum atomic E-state index is -3.74. The van der Waals surface area contributed by atoms with Crippen molar-refractivity contribution >= 4 is 21.6 Å². The molecule has 0 saturated carbocycles. The number of amides is 1. The van der Waals surface area contributed by atoms with Crippen LogP contribution in [0, 0.1) is 6.92 Å². The van der Waals surface area contributed by atoms with Crippen LogP contribution in [0.1, 0.15) is 42.6 Å². The Kier molecular flexibility index (Phi) is 6.87. The average Bonchev–Trinajstić information content (AvgIpc) is 3.18. The topological polar surface area (TPSA) is 105 Å². The lowest BCUT2D eigenvalue weighted by molar-refractivity contribution is -0.116. The van der Waals surface area contributed by atoms with E-state index in [9.17, 15) is 13.2 Å². The molecule has 1 heterocycles. The Morgan fingerprint density at radius 2 is 1.74 bits per heavy atom. The van der Waals surface area contributed by atoms with Crippen molar-refractivity contribution in [3.63, 3.8) is 0 Å². The van der Waals surface area contributed by atoms with Crippen molar-refractivity contribution in [3.8, 4) is 0 Å². The molecule has 0 aliphatic rings. The van der Waals surface area contributed by atoms with Gasteiger partial charge in [0.15, 0.2) is 5.82 Å². The smallest absolute Gasteiger partial charge is 0.243 e. The van der Waals surface area contributed by atoms with Crippen molar-refractivity contribution in [2.75, 3.05) is 18.9 Å². The molecule has 0 spiro atoms. The van der Waals surface area contributed by atoms with Crippen molar-refractivity contribution in [3.05, 3.63) is 71.4 Å². The molecule has 0 aliphatic heterocycles. The quantitative estimate of drug-likeness (QED) is 0.574. The number of hydrogen-bond acceptors (Lipinski definition) is 6. The molecule has 2 aromatic carbocycles. The van der Waals surface area contributed by atoms with Gasteiger partial charge in [0.1, 0.15) is 0 Å². The Morgan fingerprint density at radius 3 is 2.32 bits per heavy atom. The second-order valence-corrected chi connectivity index (χ2v) is 9.74. The number of nitrogens with one attached hydrogen (secondary N) is 1. The summed E-state index contributed by atoms with van der Waals surface area (Å²) in [5, 5.41) is 6.69. The fraction of sp³-hybridized carbons (Fsp3) is 0.318. The summed E-state index contributed by atoms with van der Waals surface area (Å²) >= 11 is 0. The van der Waals surface area contributed by atoms with E-state index in [4.69, 9.17) is 4.52 Å². The number of rotatable bonds is 8. The molecule has 0 saturated heterocycles. The molecule has 164 valence electrons. The molecular formula is C22H26N4O4S. The van der Waals surface area contributed by atoms with E-state index in [1.165, 1.54) is 19.2 Å². The highest BCUT2D eigenvalue weighted by atomic mass is 32.2. The molecule has 0 bridgehead atoms. The molecule has 31 heavy (non-hydrogen) atoms. The van der Waals surface area contributed by atoms with Gasteiger partial charge in [0.25, 0.3) is 0 Å². The van der Waals surface area contributed by atoms with Crippen molar-refractivity contribution in [2.24, 2.45) is 0 Å². The van der Waals surface area contributed by atoms with Crippen LogP contribution in [0.3, 0.4) is 0 Å². The zero-order valence-corrected chi connectivity index (χ0v) is 18.8. The van der Waals surface area contributed by atoms with Gasteiger partial charge < -0.3 is 9.84 Å². The van der Waals surface area contributed by atoms with E-state index < -0.39 is 15.9 Å². The number of anilines is 1. The Hall–Kier alpha value is -3.04. The molecule has 3 rings (SSSR count). The Balaban J connectivity index is 1.58. The van der Waals surface area contributed by atoms with Crippen LogP contribution in [-0.2, 0) is 21.2 Å². The number of sulfonamides is 1. The monoisotopic (exact) mass is 442 g/mol. The van der Waals surface area contributed by atoms with Crippen molar-refractivity contribution < 1.29 is 17.7 Å². The van der Waals surface area contributed by atoms with Crippen molar-refractivity contribution in [1.82, 2.24) is 14.4 Å². The highest BCUT2D eigenvalue weighted by Crippen LogP contribution is 2.17. The zero-order chi connectivity index (χ0) is 22.6. The van der Waals surface area contributed by atoms with Crippen LogP contribution in [0.15, 0.2) is 57.9 Å². The third-order valence-corrected chi connectivity index (χ3v) is 6.49. The summed E-state index contributed by atoms with van der Waals surface area (Å²) in [6, 6.07) is 13.7. The van der Waals surface area contributed by atoms with Gasteiger partial charge in [0.2, 0.25) is 21.8 Å². The number of benzene rings is 2. The molecule has 0 radical (unpaired) electrons. The van der Waals surface area contributed by atoms with Gasteiger partial charge in [0.05, 0.1) is 11.4 Å². The molecule has 0 unspecified atom stereocenters. The number of aromatic nitrogens is 2. The summed E-state index contributed by atoms with van der Waals surface area (Å²) in [6.07, 6.45) is 0.516. The highest BCUT2D eigenvalue weighted by Gasteiger charge is 2.22. The second kappa shape index (κ2) is 9.40. The van der Waals surface area contributed by atoms with Gasteiger partial charge in [-0.2, -0.15) is 9.29 Å². The molecule has 0 aliphatic carbocycles. The second-order valence-electron chi connectivity index (χ2n) is 7.70. The fourth-order valence-electron chi connectivity index (χ4n) is 2.84. The summed E-state index contributed by atoms with van der Waals surface area (Å²) in [4.78, 5) is 16.9. The number of likely N-dealkylation sites (N-methyl/N-ethyl adjacent to an activating group) is 1. The maximum absolute atomic E-state index is 12.6. The van der Waals surface area contributed by atoms with Crippen LogP contribution >= 0.6 is 0 Å². The maximum Gasteiger partial charge on any atom is 0.243 e. The van der Waals surface area contributed by atoms with E-state index in [0.29, 0.717) is 23.8 Å². The van der Waals surface area contributed by atoms with E-state index in [-0.39, 0.29) is 17.4 Å². The van der Waals surface area contributed by atoms with Gasteiger partial charge in [-0.25, -0.2) is 8.42 Å². The normalized spacial score (nSPS) is 11.8. The van der Waals surface area contributed by atoms with Crippen LogP contribution in [0.4, 0.5) is 5.69 Å². The van der Waals surface area contributed by atoms with E-state index in [0.717, 1.165) is 15.4 Å². The lowest BCUT2D eigenvalue weighted by Gasteiger charge is -2.17. The Morgan fingerprint density at radius 1 is 1.10 bits per heavy atom. The summed E-state index contributed by atoms with van der Waals surface area (Å²) in [5.74, 6) is 0.949. The molecule has 0 atom stereocenters. The highest BCUT2D eigenvalue weighted by molar-refractivity contribution is 7.89. The van der Waals surface area contributed by atoms with Crippen LogP contribution in [0.25, 0.3) is 0 Å². The fourth-order valence-corrected chi connectivity index (χ4v) is 3.97. The molecule has 9 heteroatoms. The van der Waals surface area contributed by atoms with E-state index in [1.807, 2.05) is 32.9 Å². The summed E-state index contributed by atoms with van der Waals surface area (Å²) < 4.78 is 31.5. The van der Waals surface area contributed by atoms with Crippen LogP contribution in [-0.4, -0.2) is 42.4 Å². The number of aryl methyl sites for hydroxylation is 1. The number of hydrogen-bond donors (Lipinski definition) is 1. The van der Waals surface area contributed by atoms with E-state index in [2.05, 4.69) is 15.5 Å². The first-order chi connectivity index (χ1) is 14.6. The first-order valence-corrected chi connectivity index (χ1v) is 11.3.